The summed E-state index contributed by atoms with van der Waals surface area (Å²) in [7, 11) is 2.09. The Bertz CT molecular complexity index is 1660. The second kappa shape index (κ2) is 9.88. The molecule has 2 N–H and O–H groups in total. The van der Waals surface area contributed by atoms with E-state index in [4.69, 9.17) is 16.1 Å². The van der Waals surface area contributed by atoms with Crippen molar-refractivity contribution in [2.75, 3.05) is 38.2 Å². The van der Waals surface area contributed by atoms with Crippen molar-refractivity contribution < 1.29 is 14.2 Å². The van der Waals surface area contributed by atoms with Crippen LogP contribution in [0.25, 0.3) is 32.9 Å². The molecular formula is C31H31FN6O2. The molecule has 3 fully saturated rings. The van der Waals surface area contributed by atoms with Crippen molar-refractivity contribution >= 4 is 27.5 Å². The van der Waals surface area contributed by atoms with Gasteiger partial charge in [0.1, 0.15) is 29.4 Å². The molecule has 204 valence electrons. The molecule has 2 bridgehead atoms. The van der Waals surface area contributed by atoms with Gasteiger partial charge in [-0.3, -0.25) is 4.98 Å². The first-order valence-electron chi connectivity index (χ1n) is 13.9. The topological polar surface area (TPSA) is 86.6 Å². The maximum absolute atomic E-state index is 16.6. The molecule has 7 rings (SSSR count). The number of nitrogens with one attached hydrogen (secondary N) is 1. The van der Waals surface area contributed by atoms with Crippen LogP contribution in [0.1, 0.15) is 31.2 Å². The fourth-order valence-corrected chi connectivity index (χ4v) is 6.56. The van der Waals surface area contributed by atoms with E-state index in [0.717, 1.165) is 45.3 Å². The minimum absolute atomic E-state index is 0.00217. The monoisotopic (exact) mass is 538 g/mol. The van der Waals surface area contributed by atoms with E-state index in [-0.39, 0.29) is 29.0 Å². The fraction of sp³-hybridized carbons (Fsp3) is 0.387. The second-order valence-electron chi connectivity index (χ2n) is 11.2. The Morgan fingerprint density at radius 2 is 2.00 bits per heavy atom. The lowest BCUT2D eigenvalue weighted by Gasteiger charge is -2.34. The van der Waals surface area contributed by atoms with Gasteiger partial charge < -0.3 is 25.0 Å². The zero-order chi connectivity index (χ0) is 27.4. The largest absolute Gasteiger partial charge is 0.508 e. The SMILES string of the molecule is C#Cc1cccc2cc(O)cc(-c3ncc4c(N5CC6CCC(C5)N6)nc(OC[C@@H]5CCCN5C)nc4c3F)c12. The number of hydrogen-bond donors (Lipinski definition) is 2. The highest BCUT2D eigenvalue weighted by molar-refractivity contribution is 6.02. The van der Waals surface area contributed by atoms with Crippen LogP contribution in [0.3, 0.4) is 0 Å². The van der Waals surface area contributed by atoms with Gasteiger partial charge in [0.05, 0.1) is 5.39 Å². The molecule has 0 radical (unpaired) electrons. The highest BCUT2D eigenvalue weighted by Crippen LogP contribution is 2.38. The average Bonchev–Trinajstić information content (AvgIpc) is 3.53. The van der Waals surface area contributed by atoms with Crippen LogP contribution in [-0.4, -0.2) is 76.4 Å². The number of aromatic nitrogens is 3. The number of piperazine rings is 1. The van der Waals surface area contributed by atoms with Gasteiger partial charge in [0.25, 0.3) is 0 Å². The summed E-state index contributed by atoms with van der Waals surface area (Å²) in [5, 5.41) is 16.0. The van der Waals surface area contributed by atoms with Crippen LogP contribution in [0.2, 0.25) is 0 Å². The first-order chi connectivity index (χ1) is 19.5. The minimum atomic E-state index is -0.596. The van der Waals surface area contributed by atoms with Crippen LogP contribution in [-0.2, 0) is 0 Å². The predicted molar refractivity (Wildman–Crippen MR) is 153 cm³/mol. The summed E-state index contributed by atoms with van der Waals surface area (Å²) in [6, 6.07) is 9.75. The molecule has 8 nitrogen and oxygen atoms in total. The number of pyridine rings is 1. The van der Waals surface area contributed by atoms with E-state index in [1.165, 1.54) is 6.07 Å². The first kappa shape index (κ1) is 25.0. The molecule has 9 heteroatoms. The van der Waals surface area contributed by atoms with E-state index < -0.39 is 5.82 Å². The predicted octanol–water partition coefficient (Wildman–Crippen LogP) is 4.08. The molecule has 2 unspecified atom stereocenters. The maximum atomic E-state index is 16.6. The molecule has 3 saturated heterocycles. The lowest BCUT2D eigenvalue weighted by Crippen LogP contribution is -2.51. The number of phenols is 1. The number of phenolic OH excluding ortho intramolecular Hbond substituents is 1. The molecule has 2 aromatic heterocycles. The van der Waals surface area contributed by atoms with Gasteiger partial charge in [-0.25, -0.2) is 4.39 Å². The van der Waals surface area contributed by atoms with E-state index in [2.05, 4.69) is 38.1 Å². The summed E-state index contributed by atoms with van der Waals surface area (Å²) in [6.07, 6.45) is 11.8. The Hall–Kier alpha value is -4.00. The van der Waals surface area contributed by atoms with Gasteiger partial charge >= 0.3 is 6.01 Å². The van der Waals surface area contributed by atoms with E-state index in [1.54, 1.807) is 18.3 Å². The zero-order valence-electron chi connectivity index (χ0n) is 22.4. The van der Waals surface area contributed by atoms with Crippen LogP contribution in [0, 0.1) is 18.2 Å². The van der Waals surface area contributed by atoms with Crippen molar-refractivity contribution in [1.29, 1.82) is 0 Å². The molecule has 2 aromatic carbocycles. The third kappa shape index (κ3) is 4.28. The number of terminal acetylenes is 1. The Morgan fingerprint density at radius 1 is 1.18 bits per heavy atom. The third-order valence-corrected chi connectivity index (χ3v) is 8.61. The molecule has 5 heterocycles. The summed E-state index contributed by atoms with van der Waals surface area (Å²) < 4.78 is 22.7. The Balaban J connectivity index is 1.38. The molecular weight excluding hydrogens is 507 g/mol. The highest BCUT2D eigenvalue weighted by atomic mass is 19.1. The van der Waals surface area contributed by atoms with Gasteiger partial charge in [-0.1, -0.05) is 18.1 Å². The number of ether oxygens (including phenoxy) is 1. The maximum Gasteiger partial charge on any atom is 0.319 e. The van der Waals surface area contributed by atoms with Crippen LogP contribution >= 0.6 is 0 Å². The zero-order valence-corrected chi connectivity index (χ0v) is 22.4. The third-order valence-electron chi connectivity index (χ3n) is 8.61. The number of fused-ring (bicyclic) bond motifs is 4. The number of benzene rings is 2. The van der Waals surface area contributed by atoms with Crippen LogP contribution in [0.4, 0.5) is 10.2 Å². The number of hydrogen-bond acceptors (Lipinski definition) is 8. The Kier molecular flexibility index (Phi) is 6.17. The molecule has 0 spiro atoms. The van der Waals surface area contributed by atoms with Gasteiger partial charge in [-0.05, 0) is 62.9 Å². The number of aromatic hydroxyl groups is 1. The van der Waals surface area contributed by atoms with Crippen molar-refractivity contribution in [3.63, 3.8) is 0 Å². The molecule has 40 heavy (non-hydrogen) atoms. The molecule has 3 atom stereocenters. The van der Waals surface area contributed by atoms with Gasteiger partial charge in [0.2, 0.25) is 0 Å². The summed E-state index contributed by atoms with van der Waals surface area (Å²) in [5.74, 6) is 2.73. The van der Waals surface area contributed by atoms with Gasteiger partial charge in [0.15, 0.2) is 5.82 Å². The van der Waals surface area contributed by atoms with Crippen molar-refractivity contribution in [3.05, 3.63) is 47.9 Å². The Labute approximate surface area is 232 Å². The standard InChI is InChI=1S/C31H31FN6O2/c1-3-18-6-4-7-19-12-23(39)13-24(26(18)19)28-27(32)29-25(14-33-28)30(38-15-20-9-10-21(16-38)34-20)36-31(35-29)40-17-22-8-5-11-37(22)2/h1,4,6-7,12-14,20-22,34,39H,5,8-11,15-17H2,2H3/t20?,21?,22-/m0/s1. The summed E-state index contributed by atoms with van der Waals surface area (Å²) in [6.45, 7) is 3.03. The molecule has 0 aliphatic carbocycles. The Morgan fingerprint density at radius 3 is 2.75 bits per heavy atom. The lowest BCUT2D eigenvalue weighted by atomic mass is 9.96. The molecule has 3 aliphatic rings. The van der Waals surface area contributed by atoms with E-state index >= 15 is 4.39 Å². The highest BCUT2D eigenvalue weighted by Gasteiger charge is 2.34. The van der Waals surface area contributed by atoms with Crippen molar-refractivity contribution in [1.82, 2.24) is 25.2 Å². The van der Waals surface area contributed by atoms with E-state index in [0.29, 0.717) is 51.8 Å². The van der Waals surface area contributed by atoms with Gasteiger partial charge in [0, 0.05) is 53.9 Å². The number of likely N-dealkylation sites (N-methyl/N-ethyl adjacent to an activating group) is 1. The average molecular weight is 539 g/mol. The quantitative estimate of drug-likeness (QED) is 0.368. The number of rotatable bonds is 5. The fourth-order valence-electron chi connectivity index (χ4n) is 6.56. The molecule has 4 aromatic rings. The number of halogens is 1. The first-order valence-corrected chi connectivity index (χ1v) is 13.9. The van der Waals surface area contributed by atoms with Crippen molar-refractivity contribution in [2.45, 2.75) is 43.8 Å². The van der Waals surface area contributed by atoms with Gasteiger partial charge in [-0.2, -0.15) is 9.97 Å². The van der Waals surface area contributed by atoms with Crippen LogP contribution in [0.15, 0.2) is 36.5 Å². The summed E-state index contributed by atoms with van der Waals surface area (Å²) >= 11 is 0. The lowest BCUT2D eigenvalue weighted by molar-refractivity contribution is 0.188. The van der Waals surface area contributed by atoms with Gasteiger partial charge in [-0.15, -0.1) is 6.42 Å². The smallest absolute Gasteiger partial charge is 0.319 e. The molecule has 0 saturated carbocycles. The van der Waals surface area contributed by atoms with Crippen LogP contribution in [0.5, 0.6) is 11.8 Å². The molecule has 0 amide bonds. The van der Waals surface area contributed by atoms with Crippen LogP contribution < -0.4 is 15.0 Å². The number of nitrogens with zero attached hydrogens (tertiary/aromatic N) is 5. The summed E-state index contributed by atoms with van der Waals surface area (Å²) in [5.41, 5.74) is 1.23. The number of anilines is 1. The van der Waals surface area contributed by atoms with Crippen molar-refractivity contribution in [2.24, 2.45) is 0 Å². The molecule has 3 aliphatic heterocycles. The second-order valence-corrected chi connectivity index (χ2v) is 11.2. The minimum Gasteiger partial charge on any atom is -0.508 e. The summed E-state index contributed by atoms with van der Waals surface area (Å²) in [4.78, 5) is 18.5. The normalized spacial score (nSPS) is 22.7. The van der Waals surface area contributed by atoms with E-state index in [1.807, 2.05) is 12.1 Å². The van der Waals surface area contributed by atoms with Crippen molar-refractivity contribution in [3.8, 4) is 35.4 Å². The van der Waals surface area contributed by atoms with E-state index in [9.17, 15) is 5.11 Å². The number of likely N-dealkylation sites (tertiary alicyclic amines) is 1.